The van der Waals surface area contributed by atoms with E-state index >= 15 is 0 Å². The molecule has 4 nitrogen and oxygen atoms in total. The first-order valence-corrected chi connectivity index (χ1v) is 9.77. The molecule has 0 fully saturated rings. The summed E-state index contributed by atoms with van der Waals surface area (Å²) in [4.78, 5) is 24.5. The number of amides is 1. The van der Waals surface area contributed by atoms with Crippen LogP contribution in [0, 0.1) is 0 Å². The summed E-state index contributed by atoms with van der Waals surface area (Å²) < 4.78 is 0. The van der Waals surface area contributed by atoms with Crippen LogP contribution in [0.5, 0.6) is 0 Å². The molecule has 30 heavy (non-hydrogen) atoms. The molecule has 0 saturated heterocycles. The molecule has 0 saturated carbocycles. The van der Waals surface area contributed by atoms with Crippen molar-refractivity contribution in [3.8, 4) is 11.1 Å². The van der Waals surface area contributed by atoms with Crippen molar-refractivity contribution in [3.63, 3.8) is 0 Å². The molecule has 1 atom stereocenters. The summed E-state index contributed by atoms with van der Waals surface area (Å²) in [6, 6.07) is 29.6. The van der Waals surface area contributed by atoms with Crippen molar-refractivity contribution in [2.24, 2.45) is 0 Å². The van der Waals surface area contributed by atoms with Gasteiger partial charge in [0.1, 0.15) is 6.04 Å². The summed E-state index contributed by atoms with van der Waals surface area (Å²) in [6.07, 6.45) is 0.213. The van der Waals surface area contributed by atoms with Gasteiger partial charge in [0.05, 0.1) is 0 Å². The number of hydrogen-bond acceptors (Lipinski definition) is 2. The quantitative estimate of drug-likeness (QED) is 0.486. The third-order valence-electron chi connectivity index (χ3n) is 5.16. The maximum absolute atomic E-state index is 12.7. The first-order chi connectivity index (χ1) is 14.6. The van der Waals surface area contributed by atoms with E-state index < -0.39 is 17.9 Å². The molecule has 0 aliphatic rings. The Kier molecular flexibility index (Phi) is 5.57. The number of rotatable bonds is 6. The average molecular weight is 395 g/mol. The lowest BCUT2D eigenvalue weighted by Crippen LogP contribution is -2.42. The third-order valence-corrected chi connectivity index (χ3v) is 5.16. The Morgan fingerprint density at radius 2 is 1.37 bits per heavy atom. The minimum atomic E-state index is -1.06. The van der Waals surface area contributed by atoms with Crippen LogP contribution in [0.2, 0.25) is 0 Å². The molecule has 4 heteroatoms. The standard InChI is InChI=1S/C26H21NO3/c28-25(21-15-13-19(14-16-21)18-7-2-1-3-8-18)27-24(26(29)30)17-22-11-6-10-20-9-4-5-12-23(20)22/h1-16,24H,17H2,(H,27,28)(H,29,30)/t24-/m1/s1. The van der Waals surface area contributed by atoms with Crippen molar-refractivity contribution in [2.75, 3.05) is 0 Å². The maximum Gasteiger partial charge on any atom is 0.326 e. The van der Waals surface area contributed by atoms with Crippen LogP contribution in [0.4, 0.5) is 0 Å². The van der Waals surface area contributed by atoms with Gasteiger partial charge in [0.25, 0.3) is 5.91 Å². The van der Waals surface area contributed by atoms with Crippen LogP contribution in [0.1, 0.15) is 15.9 Å². The molecule has 1 amide bonds. The van der Waals surface area contributed by atoms with Gasteiger partial charge in [-0.1, -0.05) is 84.9 Å². The fourth-order valence-electron chi connectivity index (χ4n) is 3.58. The highest BCUT2D eigenvalue weighted by atomic mass is 16.4. The molecule has 2 N–H and O–H groups in total. The molecule has 0 radical (unpaired) electrons. The van der Waals surface area contributed by atoms with Crippen LogP contribution in [0.15, 0.2) is 97.1 Å². The van der Waals surface area contributed by atoms with Crippen LogP contribution >= 0.6 is 0 Å². The van der Waals surface area contributed by atoms with Crippen molar-refractivity contribution in [1.29, 1.82) is 0 Å². The van der Waals surface area contributed by atoms with Crippen molar-refractivity contribution < 1.29 is 14.7 Å². The normalized spacial score (nSPS) is 11.7. The lowest BCUT2D eigenvalue weighted by molar-refractivity contribution is -0.139. The Balaban J connectivity index is 1.52. The van der Waals surface area contributed by atoms with Crippen LogP contribution in [0.3, 0.4) is 0 Å². The molecular weight excluding hydrogens is 374 g/mol. The van der Waals surface area contributed by atoms with Crippen molar-refractivity contribution in [1.82, 2.24) is 5.32 Å². The highest BCUT2D eigenvalue weighted by Crippen LogP contribution is 2.21. The van der Waals surface area contributed by atoms with E-state index in [4.69, 9.17) is 0 Å². The molecule has 0 aromatic heterocycles. The SMILES string of the molecule is O=C(N[C@H](Cc1cccc2ccccc12)C(=O)O)c1ccc(-c2ccccc2)cc1. The molecule has 4 rings (SSSR count). The highest BCUT2D eigenvalue weighted by Gasteiger charge is 2.22. The Bertz CT molecular complexity index is 1180. The average Bonchev–Trinajstić information content (AvgIpc) is 2.79. The second kappa shape index (κ2) is 8.62. The first-order valence-electron chi connectivity index (χ1n) is 9.77. The minimum absolute atomic E-state index is 0.213. The lowest BCUT2D eigenvalue weighted by Gasteiger charge is -2.16. The van der Waals surface area contributed by atoms with E-state index in [0.29, 0.717) is 5.56 Å². The zero-order valence-corrected chi connectivity index (χ0v) is 16.3. The van der Waals surface area contributed by atoms with E-state index in [0.717, 1.165) is 27.5 Å². The van der Waals surface area contributed by atoms with Crippen LogP contribution < -0.4 is 5.32 Å². The van der Waals surface area contributed by atoms with Gasteiger partial charge in [0.15, 0.2) is 0 Å². The monoisotopic (exact) mass is 395 g/mol. The van der Waals surface area contributed by atoms with E-state index in [9.17, 15) is 14.7 Å². The zero-order chi connectivity index (χ0) is 20.9. The van der Waals surface area contributed by atoms with Crippen molar-refractivity contribution >= 4 is 22.6 Å². The van der Waals surface area contributed by atoms with E-state index in [1.165, 1.54) is 0 Å². The summed E-state index contributed by atoms with van der Waals surface area (Å²) in [5, 5.41) is 14.4. The molecule has 4 aromatic rings. The maximum atomic E-state index is 12.7. The topological polar surface area (TPSA) is 66.4 Å². The second-order valence-corrected chi connectivity index (χ2v) is 7.15. The van der Waals surface area contributed by atoms with E-state index in [1.807, 2.05) is 84.9 Å². The number of fused-ring (bicyclic) bond motifs is 1. The Labute approximate surface area is 174 Å². The lowest BCUT2D eigenvalue weighted by atomic mass is 9.98. The van der Waals surface area contributed by atoms with E-state index in [-0.39, 0.29) is 6.42 Å². The van der Waals surface area contributed by atoms with Crippen LogP contribution in [-0.2, 0) is 11.2 Å². The molecule has 0 aliphatic heterocycles. The number of carbonyl (C=O) groups excluding carboxylic acids is 1. The largest absolute Gasteiger partial charge is 0.480 e. The number of hydrogen-bond donors (Lipinski definition) is 2. The zero-order valence-electron chi connectivity index (χ0n) is 16.3. The number of aliphatic carboxylic acids is 1. The predicted octanol–water partition coefficient (Wildman–Crippen LogP) is 4.93. The van der Waals surface area contributed by atoms with Gasteiger partial charge >= 0.3 is 5.97 Å². The first kappa shape index (κ1) is 19.4. The third kappa shape index (κ3) is 4.23. The number of carboxylic acid groups (broad SMARTS) is 1. The fraction of sp³-hybridized carbons (Fsp3) is 0.0769. The Hall–Kier alpha value is -3.92. The Morgan fingerprint density at radius 1 is 0.733 bits per heavy atom. The van der Waals surface area contributed by atoms with Crippen molar-refractivity contribution in [3.05, 3.63) is 108 Å². The van der Waals surface area contributed by atoms with Gasteiger partial charge < -0.3 is 10.4 Å². The minimum Gasteiger partial charge on any atom is -0.480 e. The molecule has 0 bridgehead atoms. The number of benzene rings is 4. The fourth-order valence-corrected chi connectivity index (χ4v) is 3.58. The number of nitrogens with one attached hydrogen (secondary N) is 1. The van der Waals surface area contributed by atoms with Gasteiger partial charge in [0, 0.05) is 12.0 Å². The van der Waals surface area contributed by atoms with Gasteiger partial charge in [-0.05, 0) is 39.6 Å². The Morgan fingerprint density at radius 3 is 2.10 bits per heavy atom. The molecule has 4 aromatic carbocycles. The van der Waals surface area contributed by atoms with E-state index in [1.54, 1.807) is 12.1 Å². The predicted molar refractivity (Wildman–Crippen MR) is 118 cm³/mol. The smallest absolute Gasteiger partial charge is 0.326 e. The molecule has 0 unspecified atom stereocenters. The summed E-state index contributed by atoms with van der Waals surface area (Å²) in [7, 11) is 0. The van der Waals surface area contributed by atoms with Gasteiger partial charge in [0.2, 0.25) is 0 Å². The molecular formula is C26H21NO3. The summed E-state index contributed by atoms with van der Waals surface area (Å²) in [5.74, 6) is -1.46. The second-order valence-electron chi connectivity index (χ2n) is 7.15. The highest BCUT2D eigenvalue weighted by molar-refractivity contribution is 5.97. The van der Waals surface area contributed by atoms with Gasteiger partial charge in [-0.3, -0.25) is 4.79 Å². The van der Waals surface area contributed by atoms with Gasteiger partial charge in [-0.25, -0.2) is 4.79 Å². The summed E-state index contributed by atoms with van der Waals surface area (Å²) in [5.41, 5.74) is 3.38. The molecule has 0 aliphatic carbocycles. The van der Waals surface area contributed by atoms with E-state index in [2.05, 4.69) is 5.32 Å². The molecule has 148 valence electrons. The molecule has 0 spiro atoms. The summed E-state index contributed by atoms with van der Waals surface area (Å²) >= 11 is 0. The van der Waals surface area contributed by atoms with Crippen LogP contribution in [0.25, 0.3) is 21.9 Å². The summed E-state index contributed by atoms with van der Waals surface area (Å²) in [6.45, 7) is 0. The number of carbonyl (C=O) groups is 2. The van der Waals surface area contributed by atoms with Gasteiger partial charge in [-0.2, -0.15) is 0 Å². The van der Waals surface area contributed by atoms with Gasteiger partial charge in [-0.15, -0.1) is 0 Å². The van der Waals surface area contributed by atoms with Crippen molar-refractivity contribution in [2.45, 2.75) is 12.5 Å². The number of carboxylic acids is 1. The molecule has 0 heterocycles. The van der Waals surface area contributed by atoms with Crippen LogP contribution in [-0.4, -0.2) is 23.0 Å².